The lowest BCUT2D eigenvalue weighted by molar-refractivity contribution is -0.143. The molecule has 0 aliphatic carbocycles. The topological polar surface area (TPSA) is 56.7 Å². The number of nitrogens with zero attached hydrogens (tertiary/aromatic N) is 3. The molecular formula is C30H29F8N3O2. The van der Waals surface area contributed by atoms with E-state index in [1.165, 1.54) is 40.1 Å². The molecule has 1 amide bonds. The number of rotatable bonds is 5. The third-order valence-electron chi connectivity index (χ3n) is 7.65. The summed E-state index contributed by atoms with van der Waals surface area (Å²) >= 11 is 0. The molecular weight excluding hydrogens is 586 g/mol. The summed E-state index contributed by atoms with van der Waals surface area (Å²) in [5, 5.41) is 10.7. The first-order valence-corrected chi connectivity index (χ1v) is 13.1. The van der Waals surface area contributed by atoms with Gasteiger partial charge in [0, 0.05) is 12.6 Å². The summed E-state index contributed by atoms with van der Waals surface area (Å²) in [6.07, 6.45) is -9.85. The summed E-state index contributed by atoms with van der Waals surface area (Å²) in [6, 6.07) is 9.32. The molecule has 1 atom stereocenters. The van der Waals surface area contributed by atoms with Crippen LogP contribution in [0.25, 0.3) is 11.1 Å². The summed E-state index contributed by atoms with van der Waals surface area (Å²) in [5.41, 5.74) is -5.74. The fourth-order valence-electron chi connectivity index (χ4n) is 5.28. The highest BCUT2D eigenvalue weighted by Crippen LogP contribution is 2.44. The molecule has 1 aliphatic heterocycles. The lowest BCUT2D eigenvalue weighted by Gasteiger charge is -2.33. The van der Waals surface area contributed by atoms with Gasteiger partial charge in [-0.15, -0.1) is 0 Å². The first-order valence-electron chi connectivity index (χ1n) is 13.1. The molecule has 1 N–H and O–H groups in total. The minimum absolute atomic E-state index is 0.0104. The van der Waals surface area contributed by atoms with Crippen LogP contribution in [0.3, 0.4) is 0 Å². The number of aryl methyl sites for hydroxylation is 1. The third-order valence-corrected chi connectivity index (χ3v) is 7.65. The van der Waals surface area contributed by atoms with Gasteiger partial charge in [0.25, 0.3) is 5.92 Å². The van der Waals surface area contributed by atoms with Gasteiger partial charge in [0.2, 0.25) is 5.91 Å². The zero-order valence-corrected chi connectivity index (χ0v) is 23.8. The molecule has 1 aromatic heterocycles. The van der Waals surface area contributed by atoms with Gasteiger partial charge in [-0.25, -0.2) is 13.8 Å². The normalized spacial score (nSPS) is 19.1. The predicted octanol–water partition coefficient (Wildman–Crippen LogP) is 7.59. The Morgan fingerprint density at radius 1 is 0.930 bits per heavy atom. The van der Waals surface area contributed by atoms with E-state index in [0.717, 1.165) is 9.80 Å². The molecule has 1 saturated heterocycles. The SMILES string of the molecule is Cc1ccccc1-c1cc(N2CC(F)(F)C[C@]2(C)O)ncc1N(C)C(=O)C(C)(C)c1cc(C(F)(F)F)cc(C(F)(F)F)c1. The average Bonchev–Trinajstić information content (AvgIpc) is 3.12. The molecule has 0 spiro atoms. The lowest BCUT2D eigenvalue weighted by Crippen LogP contribution is -2.43. The Hall–Kier alpha value is -3.74. The fraction of sp³-hybridized carbons (Fsp3) is 0.400. The van der Waals surface area contributed by atoms with E-state index < -0.39 is 65.0 Å². The monoisotopic (exact) mass is 615 g/mol. The van der Waals surface area contributed by atoms with Crippen molar-refractivity contribution in [3.05, 3.63) is 77.0 Å². The van der Waals surface area contributed by atoms with Gasteiger partial charge in [-0.3, -0.25) is 4.79 Å². The van der Waals surface area contributed by atoms with Crippen molar-refractivity contribution < 1.29 is 45.0 Å². The number of aromatic nitrogens is 1. The van der Waals surface area contributed by atoms with Crippen molar-refractivity contribution in [2.45, 2.75) is 63.5 Å². The predicted molar refractivity (Wildman–Crippen MR) is 145 cm³/mol. The highest BCUT2D eigenvalue weighted by Gasteiger charge is 2.52. The van der Waals surface area contributed by atoms with Gasteiger partial charge in [-0.1, -0.05) is 24.3 Å². The van der Waals surface area contributed by atoms with Crippen molar-refractivity contribution in [2.75, 3.05) is 23.4 Å². The Morgan fingerprint density at radius 3 is 1.95 bits per heavy atom. The molecule has 4 rings (SSSR count). The summed E-state index contributed by atoms with van der Waals surface area (Å²) < 4.78 is 110. The number of halogens is 8. The van der Waals surface area contributed by atoms with Crippen molar-refractivity contribution in [3.8, 4) is 11.1 Å². The van der Waals surface area contributed by atoms with Crippen LogP contribution >= 0.6 is 0 Å². The van der Waals surface area contributed by atoms with Crippen LogP contribution in [0.5, 0.6) is 0 Å². The number of anilines is 2. The zero-order chi connectivity index (χ0) is 32.3. The second-order valence-electron chi connectivity index (χ2n) is 11.5. The molecule has 0 unspecified atom stereocenters. The maximum absolute atomic E-state index is 14.3. The van der Waals surface area contributed by atoms with Crippen LogP contribution < -0.4 is 9.80 Å². The lowest BCUT2D eigenvalue weighted by atomic mass is 9.81. The Morgan fingerprint density at radius 2 is 1.47 bits per heavy atom. The highest BCUT2D eigenvalue weighted by atomic mass is 19.4. The number of aliphatic hydroxyl groups is 1. The first-order chi connectivity index (χ1) is 19.5. The molecule has 1 aliphatic rings. The van der Waals surface area contributed by atoms with Crippen molar-refractivity contribution in [1.29, 1.82) is 0 Å². The van der Waals surface area contributed by atoms with Crippen LogP contribution in [0.2, 0.25) is 0 Å². The molecule has 2 heterocycles. The van der Waals surface area contributed by atoms with Crippen molar-refractivity contribution in [2.24, 2.45) is 0 Å². The molecule has 13 heteroatoms. The minimum Gasteiger partial charge on any atom is -0.371 e. The Bertz CT molecular complexity index is 1510. The molecule has 3 aromatic rings. The second kappa shape index (κ2) is 10.5. The van der Waals surface area contributed by atoms with Crippen LogP contribution in [0.15, 0.2) is 54.7 Å². The third kappa shape index (κ3) is 6.31. The van der Waals surface area contributed by atoms with Gasteiger partial charge in [0.15, 0.2) is 0 Å². The maximum Gasteiger partial charge on any atom is 0.416 e. The molecule has 1 fully saturated rings. The second-order valence-corrected chi connectivity index (χ2v) is 11.5. The van der Waals surface area contributed by atoms with Crippen LogP contribution in [-0.2, 0) is 22.6 Å². The number of carbonyl (C=O) groups excluding carboxylic acids is 1. The number of hydrogen-bond acceptors (Lipinski definition) is 4. The molecule has 0 bridgehead atoms. The summed E-state index contributed by atoms with van der Waals surface area (Å²) in [7, 11) is 1.29. The molecule has 0 saturated carbocycles. The van der Waals surface area contributed by atoms with Gasteiger partial charge >= 0.3 is 12.4 Å². The van der Waals surface area contributed by atoms with Crippen LogP contribution in [0.4, 0.5) is 46.6 Å². The Balaban J connectivity index is 1.84. The van der Waals surface area contributed by atoms with E-state index >= 15 is 0 Å². The van der Waals surface area contributed by atoms with Gasteiger partial charge in [0.1, 0.15) is 11.5 Å². The summed E-state index contributed by atoms with van der Waals surface area (Å²) in [6.45, 7) is 4.57. The van der Waals surface area contributed by atoms with E-state index in [-0.39, 0.29) is 17.6 Å². The molecule has 0 radical (unpaired) electrons. The van der Waals surface area contributed by atoms with Crippen LogP contribution in [-0.4, -0.2) is 41.2 Å². The zero-order valence-electron chi connectivity index (χ0n) is 23.8. The van der Waals surface area contributed by atoms with E-state index in [0.29, 0.717) is 28.8 Å². The highest BCUT2D eigenvalue weighted by molar-refractivity contribution is 6.03. The molecule has 43 heavy (non-hydrogen) atoms. The summed E-state index contributed by atoms with van der Waals surface area (Å²) in [4.78, 5) is 20.2. The van der Waals surface area contributed by atoms with E-state index in [1.807, 2.05) is 0 Å². The quantitative estimate of drug-likeness (QED) is 0.301. The van der Waals surface area contributed by atoms with Crippen LogP contribution in [0.1, 0.15) is 49.4 Å². The maximum atomic E-state index is 14.3. The van der Waals surface area contributed by atoms with Gasteiger partial charge in [0.05, 0.1) is 41.4 Å². The molecule has 2 aromatic carbocycles. The van der Waals surface area contributed by atoms with Gasteiger partial charge in [-0.2, -0.15) is 26.3 Å². The first kappa shape index (κ1) is 32.2. The van der Waals surface area contributed by atoms with Crippen molar-refractivity contribution in [3.63, 3.8) is 0 Å². The number of likely N-dealkylation sites (N-methyl/N-ethyl adjacent to an activating group) is 1. The van der Waals surface area contributed by atoms with Crippen molar-refractivity contribution in [1.82, 2.24) is 4.98 Å². The molecule has 5 nitrogen and oxygen atoms in total. The van der Waals surface area contributed by atoms with Crippen molar-refractivity contribution >= 4 is 17.4 Å². The number of benzene rings is 2. The standard InChI is InChI=1S/C30H29F8N3O2/c1-17-8-6-7-9-21(17)22-13-24(41-16-28(31,32)15-27(41,4)43)39-14-23(22)40(5)25(42)26(2,3)18-10-19(29(33,34)35)12-20(11-18)30(36,37)38/h6-14,43H,15-16H2,1-5H3/t27-/m0/s1. The fourth-order valence-corrected chi connectivity index (χ4v) is 5.28. The van der Waals surface area contributed by atoms with Crippen LogP contribution in [0, 0.1) is 6.92 Å². The largest absolute Gasteiger partial charge is 0.416 e. The Kier molecular flexibility index (Phi) is 7.83. The smallest absolute Gasteiger partial charge is 0.371 e. The van der Waals surface area contributed by atoms with E-state index in [2.05, 4.69) is 4.98 Å². The van der Waals surface area contributed by atoms with E-state index in [1.54, 1.807) is 31.2 Å². The number of pyridine rings is 1. The Labute approximate surface area is 242 Å². The minimum atomic E-state index is -5.10. The number of hydrogen-bond donors (Lipinski definition) is 1. The average molecular weight is 616 g/mol. The molecule has 232 valence electrons. The van der Waals surface area contributed by atoms with Gasteiger partial charge < -0.3 is 14.9 Å². The van der Waals surface area contributed by atoms with E-state index in [9.17, 15) is 45.0 Å². The summed E-state index contributed by atoms with van der Waals surface area (Å²) in [5.74, 6) is -4.08. The number of alkyl halides is 8. The van der Waals surface area contributed by atoms with E-state index in [4.69, 9.17) is 0 Å². The van der Waals surface area contributed by atoms with Gasteiger partial charge in [-0.05, 0) is 68.7 Å². The number of amides is 1. The number of carbonyl (C=O) groups is 1.